The molecule has 0 atom stereocenters. The Bertz CT molecular complexity index is 1020. The number of hydrogen-bond donors (Lipinski definition) is 0. The molecule has 0 bridgehead atoms. The van der Waals surface area contributed by atoms with Crippen LogP contribution >= 0.6 is 0 Å². The lowest BCUT2D eigenvalue weighted by molar-refractivity contribution is -0.137. The number of carbonyl (C=O) groups excluding carboxylic acids is 1. The van der Waals surface area contributed by atoms with Crippen molar-refractivity contribution in [1.29, 1.82) is 0 Å². The quantitative estimate of drug-likeness (QED) is 0.461. The van der Waals surface area contributed by atoms with Gasteiger partial charge in [0.15, 0.2) is 5.65 Å². The van der Waals surface area contributed by atoms with Gasteiger partial charge in [-0.2, -0.15) is 5.10 Å². The maximum atomic E-state index is 11.9. The van der Waals surface area contributed by atoms with Gasteiger partial charge in [0.1, 0.15) is 0 Å². The Hall–Kier alpha value is -3.06. The molecule has 28 heavy (non-hydrogen) atoms. The first-order chi connectivity index (χ1) is 13.6. The first-order valence-corrected chi connectivity index (χ1v) is 9.23. The van der Waals surface area contributed by atoms with Crippen molar-refractivity contribution >= 4 is 23.1 Å². The molecule has 0 aromatic carbocycles. The van der Waals surface area contributed by atoms with Crippen LogP contribution in [0, 0.1) is 6.92 Å². The van der Waals surface area contributed by atoms with Crippen LogP contribution in [0.2, 0.25) is 0 Å². The highest BCUT2D eigenvalue weighted by molar-refractivity contribution is 5.99. The summed E-state index contributed by atoms with van der Waals surface area (Å²) in [5.41, 5.74) is 5.20. The van der Waals surface area contributed by atoms with Gasteiger partial charge in [0.2, 0.25) is 0 Å². The second kappa shape index (κ2) is 8.75. The van der Waals surface area contributed by atoms with Crippen molar-refractivity contribution in [2.75, 3.05) is 13.7 Å². The summed E-state index contributed by atoms with van der Waals surface area (Å²) in [5.74, 6) is -0.400. The van der Waals surface area contributed by atoms with Crippen LogP contribution in [0.15, 0.2) is 30.7 Å². The number of aromatic nitrogens is 4. The van der Waals surface area contributed by atoms with Gasteiger partial charge in [0, 0.05) is 54.2 Å². The van der Waals surface area contributed by atoms with Crippen LogP contribution in [0.5, 0.6) is 0 Å². The molecular formula is C21H24N4O3. The number of aryl methyl sites for hydroxylation is 2. The number of rotatable bonds is 7. The van der Waals surface area contributed by atoms with Crippen LogP contribution in [-0.2, 0) is 27.4 Å². The van der Waals surface area contributed by atoms with E-state index in [1.165, 1.54) is 6.08 Å². The molecule has 3 aromatic heterocycles. The highest BCUT2D eigenvalue weighted by atomic mass is 16.5. The summed E-state index contributed by atoms with van der Waals surface area (Å²) >= 11 is 0. The van der Waals surface area contributed by atoms with Crippen LogP contribution < -0.4 is 0 Å². The maximum Gasteiger partial charge on any atom is 0.330 e. The molecule has 0 fully saturated rings. The van der Waals surface area contributed by atoms with Gasteiger partial charge in [-0.15, -0.1) is 0 Å². The summed E-state index contributed by atoms with van der Waals surface area (Å²) in [6, 6.07) is 2.06. The molecule has 3 aromatic rings. The molecule has 0 aliphatic carbocycles. The van der Waals surface area contributed by atoms with Crippen LogP contribution in [0.4, 0.5) is 0 Å². The van der Waals surface area contributed by atoms with Gasteiger partial charge in [0.05, 0.1) is 25.1 Å². The Morgan fingerprint density at radius 1 is 1.25 bits per heavy atom. The lowest BCUT2D eigenvalue weighted by Crippen LogP contribution is -2.05. The zero-order chi connectivity index (χ0) is 20.1. The van der Waals surface area contributed by atoms with E-state index in [4.69, 9.17) is 14.5 Å². The van der Waals surface area contributed by atoms with Crippen molar-refractivity contribution in [3.05, 3.63) is 47.6 Å². The Morgan fingerprint density at radius 3 is 2.75 bits per heavy atom. The summed E-state index contributed by atoms with van der Waals surface area (Å²) in [6.07, 6.45) is 8.58. The molecule has 3 heterocycles. The molecule has 0 unspecified atom stereocenters. The van der Waals surface area contributed by atoms with Gasteiger partial charge >= 0.3 is 5.97 Å². The van der Waals surface area contributed by atoms with E-state index in [1.807, 2.05) is 37.1 Å². The van der Waals surface area contributed by atoms with E-state index >= 15 is 0 Å². The zero-order valence-corrected chi connectivity index (χ0v) is 16.6. The van der Waals surface area contributed by atoms with Crippen molar-refractivity contribution in [3.63, 3.8) is 0 Å². The number of ether oxygens (including phenoxy) is 2. The van der Waals surface area contributed by atoms with Crippen molar-refractivity contribution in [2.24, 2.45) is 0 Å². The van der Waals surface area contributed by atoms with Gasteiger partial charge in [-0.25, -0.2) is 14.5 Å². The minimum atomic E-state index is -0.400. The van der Waals surface area contributed by atoms with Crippen molar-refractivity contribution in [3.8, 4) is 11.1 Å². The summed E-state index contributed by atoms with van der Waals surface area (Å²) in [4.78, 5) is 21.0. The standard InChI is InChI=1S/C21H24N4O3/c1-5-25-21-17(12-23-25)20(15-9-14(3)10-22-11-15)16(18(24-21)13-27-4)7-8-19(26)28-6-2/h7-12H,5-6,13H2,1-4H3/b8-7+. The Balaban J connectivity index is 2.32. The predicted molar refractivity (Wildman–Crippen MR) is 108 cm³/mol. The van der Waals surface area contributed by atoms with Crippen molar-refractivity contribution in [1.82, 2.24) is 19.7 Å². The highest BCUT2D eigenvalue weighted by Crippen LogP contribution is 2.34. The average molecular weight is 380 g/mol. The van der Waals surface area contributed by atoms with E-state index in [-0.39, 0.29) is 0 Å². The molecule has 146 valence electrons. The van der Waals surface area contributed by atoms with Gasteiger partial charge in [0.25, 0.3) is 0 Å². The van der Waals surface area contributed by atoms with E-state index in [0.717, 1.165) is 39.0 Å². The normalized spacial score (nSPS) is 11.4. The largest absolute Gasteiger partial charge is 0.463 e. The molecule has 0 radical (unpaired) electrons. The molecule has 0 saturated carbocycles. The van der Waals surface area contributed by atoms with Gasteiger partial charge in [-0.1, -0.05) is 0 Å². The number of methoxy groups -OCH3 is 1. The van der Waals surface area contributed by atoms with E-state index < -0.39 is 5.97 Å². The topological polar surface area (TPSA) is 79.1 Å². The summed E-state index contributed by atoms with van der Waals surface area (Å²) in [7, 11) is 1.62. The molecule has 3 rings (SSSR count). The molecule has 0 saturated heterocycles. The molecule has 0 aliphatic rings. The number of hydrogen-bond acceptors (Lipinski definition) is 6. The molecule has 0 N–H and O–H groups in total. The SMILES string of the molecule is CCOC(=O)/C=C/c1c(COC)nc2c(cnn2CC)c1-c1cncc(C)c1. The van der Waals surface area contributed by atoms with Crippen LogP contribution in [0.3, 0.4) is 0 Å². The first kappa shape index (κ1) is 19.7. The third-order valence-corrected chi connectivity index (χ3v) is 4.32. The van der Waals surface area contributed by atoms with Gasteiger partial charge in [-0.3, -0.25) is 4.98 Å². The predicted octanol–water partition coefficient (Wildman–Crippen LogP) is 3.54. The molecule has 7 heteroatoms. The Labute approximate surface area is 164 Å². The third-order valence-electron chi connectivity index (χ3n) is 4.32. The highest BCUT2D eigenvalue weighted by Gasteiger charge is 2.18. The van der Waals surface area contributed by atoms with E-state index in [0.29, 0.717) is 19.8 Å². The molecular weight excluding hydrogens is 356 g/mol. The summed E-state index contributed by atoms with van der Waals surface area (Å²) in [5, 5.41) is 5.37. The summed E-state index contributed by atoms with van der Waals surface area (Å²) in [6.45, 7) is 7.12. The van der Waals surface area contributed by atoms with Gasteiger partial charge < -0.3 is 9.47 Å². The first-order valence-electron chi connectivity index (χ1n) is 9.23. The van der Waals surface area contributed by atoms with Crippen LogP contribution in [0.25, 0.3) is 28.2 Å². The number of fused-ring (bicyclic) bond motifs is 1. The molecule has 0 spiro atoms. The van der Waals surface area contributed by atoms with Crippen LogP contribution in [0.1, 0.15) is 30.7 Å². The van der Waals surface area contributed by atoms with E-state index in [2.05, 4.69) is 16.1 Å². The third kappa shape index (κ3) is 3.94. The fourth-order valence-electron chi connectivity index (χ4n) is 3.15. The fraction of sp³-hybridized carbons (Fsp3) is 0.333. The lowest BCUT2D eigenvalue weighted by Gasteiger charge is -2.14. The molecule has 7 nitrogen and oxygen atoms in total. The molecule has 0 amide bonds. The second-order valence-corrected chi connectivity index (χ2v) is 6.31. The Morgan fingerprint density at radius 2 is 2.07 bits per heavy atom. The number of nitrogens with zero attached hydrogens (tertiary/aromatic N) is 4. The van der Waals surface area contributed by atoms with E-state index in [1.54, 1.807) is 20.1 Å². The number of esters is 1. The Kier molecular flexibility index (Phi) is 6.16. The van der Waals surface area contributed by atoms with E-state index in [9.17, 15) is 4.79 Å². The number of carbonyl (C=O) groups is 1. The fourth-order valence-corrected chi connectivity index (χ4v) is 3.15. The average Bonchev–Trinajstić information content (AvgIpc) is 3.08. The smallest absolute Gasteiger partial charge is 0.330 e. The zero-order valence-electron chi connectivity index (χ0n) is 16.6. The lowest BCUT2D eigenvalue weighted by atomic mass is 9.96. The minimum Gasteiger partial charge on any atom is -0.463 e. The van der Waals surface area contributed by atoms with Crippen molar-refractivity contribution in [2.45, 2.75) is 33.9 Å². The number of pyridine rings is 2. The second-order valence-electron chi connectivity index (χ2n) is 6.31. The van der Waals surface area contributed by atoms with Crippen molar-refractivity contribution < 1.29 is 14.3 Å². The minimum absolute atomic E-state index is 0.305. The maximum absolute atomic E-state index is 11.9. The summed E-state index contributed by atoms with van der Waals surface area (Å²) < 4.78 is 12.3. The molecule has 0 aliphatic heterocycles. The van der Waals surface area contributed by atoms with Crippen LogP contribution in [-0.4, -0.2) is 39.4 Å². The van der Waals surface area contributed by atoms with Gasteiger partial charge in [-0.05, 0) is 38.5 Å². The monoisotopic (exact) mass is 380 g/mol.